The van der Waals surface area contributed by atoms with Crippen molar-refractivity contribution in [2.45, 2.75) is 6.54 Å². The third-order valence-corrected chi connectivity index (χ3v) is 4.32. The van der Waals surface area contributed by atoms with Crippen LogP contribution in [-0.2, 0) is 6.54 Å². The Bertz CT molecular complexity index is 1020. The lowest BCUT2D eigenvalue weighted by Gasteiger charge is -2.40. The van der Waals surface area contributed by atoms with E-state index in [1.807, 2.05) is 17.0 Å². The molecule has 0 saturated carbocycles. The van der Waals surface area contributed by atoms with Gasteiger partial charge in [0.25, 0.3) is 5.56 Å². The molecule has 128 valence electrons. The van der Waals surface area contributed by atoms with Gasteiger partial charge in [-0.2, -0.15) is 10.4 Å². The molecule has 3 aromatic heterocycles. The maximum Gasteiger partial charge on any atom is 0.266 e. The molecule has 4 rings (SSSR count). The van der Waals surface area contributed by atoms with Crippen molar-refractivity contribution in [1.82, 2.24) is 24.7 Å². The largest absolute Gasteiger partial charge is 0.353 e. The topological polar surface area (TPSA) is 101 Å². The van der Waals surface area contributed by atoms with Crippen LogP contribution >= 0.6 is 0 Å². The van der Waals surface area contributed by atoms with E-state index in [1.165, 1.54) is 16.9 Å². The van der Waals surface area contributed by atoms with Crippen molar-refractivity contribution in [3.63, 3.8) is 0 Å². The molecule has 0 aliphatic carbocycles. The molecule has 1 saturated heterocycles. The SMILES string of the molecule is N#Cc1nccnc1N1CC(Cn2nc(-c3ccncc3)ccc2=O)C1. The summed E-state index contributed by atoms with van der Waals surface area (Å²) in [6, 6.07) is 9.04. The first-order valence-corrected chi connectivity index (χ1v) is 8.19. The molecular weight excluding hydrogens is 330 g/mol. The van der Waals surface area contributed by atoms with Crippen molar-refractivity contribution in [2.75, 3.05) is 18.0 Å². The van der Waals surface area contributed by atoms with E-state index < -0.39 is 0 Å². The van der Waals surface area contributed by atoms with E-state index in [1.54, 1.807) is 24.7 Å². The molecule has 3 aromatic rings. The van der Waals surface area contributed by atoms with Crippen molar-refractivity contribution in [3.8, 4) is 17.3 Å². The molecule has 0 N–H and O–H groups in total. The fourth-order valence-corrected chi connectivity index (χ4v) is 3.00. The summed E-state index contributed by atoms with van der Waals surface area (Å²) in [5.41, 5.74) is 1.85. The molecule has 8 heteroatoms. The summed E-state index contributed by atoms with van der Waals surface area (Å²) >= 11 is 0. The second-order valence-electron chi connectivity index (χ2n) is 6.09. The monoisotopic (exact) mass is 345 g/mol. The summed E-state index contributed by atoms with van der Waals surface area (Å²) in [6.45, 7) is 1.94. The Labute approximate surface area is 149 Å². The van der Waals surface area contributed by atoms with Crippen LogP contribution in [0.15, 0.2) is 53.8 Å². The van der Waals surface area contributed by atoms with Crippen LogP contribution in [0.1, 0.15) is 5.69 Å². The lowest BCUT2D eigenvalue weighted by molar-refractivity contribution is 0.333. The van der Waals surface area contributed by atoms with Crippen LogP contribution in [0, 0.1) is 17.2 Å². The number of anilines is 1. The van der Waals surface area contributed by atoms with E-state index in [2.05, 4.69) is 26.1 Å². The Morgan fingerprint density at radius 2 is 1.85 bits per heavy atom. The zero-order chi connectivity index (χ0) is 17.9. The van der Waals surface area contributed by atoms with Crippen molar-refractivity contribution in [2.24, 2.45) is 5.92 Å². The quantitative estimate of drug-likeness (QED) is 0.698. The minimum Gasteiger partial charge on any atom is -0.353 e. The number of hydrogen-bond acceptors (Lipinski definition) is 7. The summed E-state index contributed by atoms with van der Waals surface area (Å²) in [5, 5.41) is 13.6. The third-order valence-electron chi connectivity index (χ3n) is 4.32. The van der Waals surface area contributed by atoms with Gasteiger partial charge >= 0.3 is 0 Å². The zero-order valence-corrected chi connectivity index (χ0v) is 13.9. The third kappa shape index (κ3) is 3.02. The number of hydrogen-bond donors (Lipinski definition) is 0. The maximum atomic E-state index is 12.1. The lowest BCUT2D eigenvalue weighted by Crippen LogP contribution is -2.50. The molecule has 0 aromatic carbocycles. The van der Waals surface area contributed by atoms with Crippen molar-refractivity contribution in [1.29, 1.82) is 5.26 Å². The first-order valence-electron chi connectivity index (χ1n) is 8.19. The highest BCUT2D eigenvalue weighted by atomic mass is 16.1. The number of pyridine rings is 1. The second kappa shape index (κ2) is 6.72. The van der Waals surface area contributed by atoms with E-state index >= 15 is 0 Å². The zero-order valence-electron chi connectivity index (χ0n) is 13.9. The van der Waals surface area contributed by atoms with Crippen LogP contribution in [0.5, 0.6) is 0 Å². The summed E-state index contributed by atoms with van der Waals surface area (Å²) in [6.07, 6.45) is 6.48. The van der Waals surface area contributed by atoms with Crippen molar-refractivity contribution >= 4 is 5.82 Å². The first-order chi connectivity index (χ1) is 12.7. The maximum absolute atomic E-state index is 12.1. The second-order valence-corrected chi connectivity index (χ2v) is 6.09. The van der Waals surface area contributed by atoms with E-state index in [0.29, 0.717) is 31.1 Å². The average Bonchev–Trinajstić information content (AvgIpc) is 2.66. The van der Waals surface area contributed by atoms with Crippen LogP contribution in [0.4, 0.5) is 5.82 Å². The highest BCUT2D eigenvalue weighted by molar-refractivity contribution is 5.57. The highest BCUT2D eigenvalue weighted by Gasteiger charge is 2.30. The Morgan fingerprint density at radius 3 is 2.62 bits per heavy atom. The van der Waals surface area contributed by atoms with Crippen LogP contribution in [0.2, 0.25) is 0 Å². The van der Waals surface area contributed by atoms with E-state index in [4.69, 9.17) is 5.26 Å². The van der Waals surface area contributed by atoms with Crippen molar-refractivity contribution in [3.05, 3.63) is 65.1 Å². The van der Waals surface area contributed by atoms with Gasteiger partial charge in [0.2, 0.25) is 0 Å². The standard InChI is InChI=1S/C18H15N7O/c19-9-16-18(22-8-7-21-16)24-10-13(11-24)12-25-17(26)2-1-15(23-25)14-3-5-20-6-4-14/h1-8,13H,10-12H2. The lowest BCUT2D eigenvalue weighted by atomic mass is 10.00. The fraction of sp³-hybridized carbons (Fsp3) is 0.222. The molecule has 0 amide bonds. The minimum absolute atomic E-state index is 0.126. The van der Waals surface area contributed by atoms with E-state index in [0.717, 1.165) is 11.3 Å². The Kier molecular flexibility index (Phi) is 4.11. The number of aromatic nitrogens is 5. The molecule has 1 aliphatic rings. The van der Waals surface area contributed by atoms with E-state index in [9.17, 15) is 4.79 Å². The Balaban J connectivity index is 1.48. The van der Waals surface area contributed by atoms with Gasteiger partial charge in [0, 0.05) is 55.4 Å². The van der Waals surface area contributed by atoms with Gasteiger partial charge in [-0.15, -0.1) is 0 Å². The first kappa shape index (κ1) is 15.9. The summed E-state index contributed by atoms with van der Waals surface area (Å²) in [5.74, 6) is 0.860. The van der Waals surface area contributed by atoms with Gasteiger partial charge in [-0.3, -0.25) is 9.78 Å². The molecule has 1 aliphatic heterocycles. The predicted octanol–water partition coefficient (Wildman–Crippen LogP) is 1.10. The van der Waals surface area contributed by atoms with Gasteiger partial charge in [0.05, 0.1) is 12.2 Å². The number of nitrogens with zero attached hydrogens (tertiary/aromatic N) is 7. The van der Waals surface area contributed by atoms with Gasteiger partial charge in [-0.1, -0.05) is 0 Å². The molecule has 1 fully saturated rings. The smallest absolute Gasteiger partial charge is 0.266 e. The highest BCUT2D eigenvalue weighted by Crippen LogP contribution is 2.25. The van der Waals surface area contributed by atoms with Gasteiger partial charge < -0.3 is 4.90 Å². The Hall–Kier alpha value is -3.60. The predicted molar refractivity (Wildman–Crippen MR) is 94.2 cm³/mol. The van der Waals surface area contributed by atoms with Gasteiger partial charge in [0.15, 0.2) is 11.5 Å². The van der Waals surface area contributed by atoms with Gasteiger partial charge in [-0.25, -0.2) is 14.6 Å². The number of rotatable bonds is 4. The Morgan fingerprint density at radius 1 is 1.08 bits per heavy atom. The average molecular weight is 345 g/mol. The summed E-state index contributed by atoms with van der Waals surface area (Å²) in [7, 11) is 0. The normalized spacial score (nSPS) is 13.9. The van der Waals surface area contributed by atoms with Crippen LogP contribution < -0.4 is 10.5 Å². The van der Waals surface area contributed by atoms with Crippen LogP contribution in [0.3, 0.4) is 0 Å². The summed E-state index contributed by atoms with van der Waals surface area (Å²) in [4.78, 5) is 26.4. The molecule has 0 bridgehead atoms. The van der Waals surface area contributed by atoms with Gasteiger partial charge in [-0.05, 0) is 18.2 Å². The van der Waals surface area contributed by atoms with E-state index in [-0.39, 0.29) is 11.5 Å². The molecule has 4 heterocycles. The van der Waals surface area contributed by atoms with Crippen LogP contribution in [-0.4, -0.2) is 37.8 Å². The minimum atomic E-state index is -0.126. The van der Waals surface area contributed by atoms with Crippen molar-refractivity contribution < 1.29 is 0 Å². The molecular formula is C18H15N7O. The van der Waals surface area contributed by atoms with Gasteiger partial charge in [0.1, 0.15) is 6.07 Å². The molecule has 8 nitrogen and oxygen atoms in total. The number of nitriles is 1. The summed E-state index contributed by atoms with van der Waals surface area (Å²) < 4.78 is 1.50. The molecule has 0 unspecified atom stereocenters. The molecule has 0 atom stereocenters. The molecule has 26 heavy (non-hydrogen) atoms. The molecule has 0 spiro atoms. The fourth-order valence-electron chi connectivity index (χ4n) is 3.00. The molecule has 0 radical (unpaired) electrons. The van der Waals surface area contributed by atoms with Crippen LogP contribution in [0.25, 0.3) is 11.3 Å².